The quantitative estimate of drug-likeness (QED) is 0.484. The average Bonchev–Trinajstić information content (AvgIpc) is 3.09. The van der Waals surface area contributed by atoms with E-state index in [9.17, 15) is 9.59 Å². The van der Waals surface area contributed by atoms with E-state index in [-0.39, 0.29) is 5.57 Å². The Labute approximate surface area is 150 Å². The van der Waals surface area contributed by atoms with Gasteiger partial charge in [-0.25, -0.2) is 9.59 Å². The van der Waals surface area contributed by atoms with Crippen molar-refractivity contribution in [1.29, 1.82) is 0 Å². The summed E-state index contributed by atoms with van der Waals surface area (Å²) >= 11 is 0. The van der Waals surface area contributed by atoms with E-state index < -0.39 is 24.0 Å². The summed E-state index contributed by atoms with van der Waals surface area (Å²) in [6, 6.07) is 16.5. The molecule has 2 aliphatic rings. The minimum Gasteiger partial charge on any atom is -0.483 e. The van der Waals surface area contributed by atoms with Crippen molar-refractivity contribution >= 4 is 17.7 Å². The normalized spacial score (nSPS) is 20.6. The van der Waals surface area contributed by atoms with Crippen LogP contribution < -0.4 is 4.74 Å². The first-order valence-electron chi connectivity index (χ1n) is 8.16. The molecule has 2 heterocycles. The molecule has 130 valence electrons. The SMILES string of the molecule is C=C(C(=O)OC)C1OC(c2ccccc2)=C2C(=O)Oc3ccccc3C21. The Balaban J connectivity index is 1.90. The zero-order valence-electron chi connectivity index (χ0n) is 14.1. The first-order chi connectivity index (χ1) is 12.6. The highest BCUT2D eigenvalue weighted by Gasteiger charge is 2.48. The third-order valence-corrected chi connectivity index (χ3v) is 4.61. The molecule has 0 aliphatic carbocycles. The number of methoxy groups -OCH3 is 1. The van der Waals surface area contributed by atoms with Gasteiger partial charge >= 0.3 is 11.9 Å². The Bertz CT molecular complexity index is 942. The van der Waals surface area contributed by atoms with Crippen LogP contribution in [0.25, 0.3) is 5.76 Å². The molecule has 0 spiro atoms. The molecule has 0 aromatic heterocycles. The predicted octanol–water partition coefficient (Wildman–Crippen LogP) is 3.23. The Hall–Kier alpha value is -3.34. The van der Waals surface area contributed by atoms with Crippen LogP contribution in [-0.4, -0.2) is 25.2 Å². The Morgan fingerprint density at radius 3 is 2.50 bits per heavy atom. The van der Waals surface area contributed by atoms with Gasteiger partial charge < -0.3 is 14.2 Å². The Morgan fingerprint density at radius 2 is 1.77 bits per heavy atom. The van der Waals surface area contributed by atoms with Crippen molar-refractivity contribution < 1.29 is 23.8 Å². The van der Waals surface area contributed by atoms with Crippen molar-refractivity contribution in [2.24, 2.45) is 0 Å². The number of benzene rings is 2. The molecule has 0 saturated carbocycles. The number of esters is 2. The highest BCUT2D eigenvalue weighted by atomic mass is 16.5. The molecule has 0 bridgehead atoms. The van der Waals surface area contributed by atoms with E-state index in [2.05, 4.69) is 6.58 Å². The van der Waals surface area contributed by atoms with E-state index in [0.717, 1.165) is 11.1 Å². The molecule has 26 heavy (non-hydrogen) atoms. The number of carbonyl (C=O) groups is 2. The largest absolute Gasteiger partial charge is 0.483 e. The maximum atomic E-state index is 12.7. The van der Waals surface area contributed by atoms with Gasteiger partial charge in [-0.1, -0.05) is 55.1 Å². The number of ether oxygens (including phenoxy) is 3. The van der Waals surface area contributed by atoms with Gasteiger partial charge in [-0.2, -0.15) is 0 Å². The molecule has 2 aromatic carbocycles. The fourth-order valence-electron chi connectivity index (χ4n) is 3.41. The van der Waals surface area contributed by atoms with Gasteiger partial charge in [-0.05, 0) is 6.07 Å². The molecule has 2 aliphatic heterocycles. The van der Waals surface area contributed by atoms with E-state index >= 15 is 0 Å². The van der Waals surface area contributed by atoms with Gasteiger partial charge in [0.1, 0.15) is 17.6 Å². The second-order valence-corrected chi connectivity index (χ2v) is 6.07. The molecule has 4 rings (SSSR count). The average molecular weight is 348 g/mol. The minimum absolute atomic E-state index is 0.158. The molecule has 0 saturated heterocycles. The molecule has 0 amide bonds. The van der Waals surface area contributed by atoms with Crippen molar-refractivity contribution in [2.75, 3.05) is 7.11 Å². The molecule has 0 radical (unpaired) electrons. The zero-order chi connectivity index (χ0) is 18.3. The number of hydrogen-bond acceptors (Lipinski definition) is 5. The number of carbonyl (C=O) groups excluding carboxylic acids is 2. The van der Waals surface area contributed by atoms with Gasteiger partial charge in [0, 0.05) is 11.1 Å². The fraction of sp³-hybridized carbons (Fsp3) is 0.143. The zero-order valence-corrected chi connectivity index (χ0v) is 14.1. The van der Waals surface area contributed by atoms with Crippen LogP contribution in [-0.2, 0) is 19.1 Å². The van der Waals surface area contributed by atoms with Crippen LogP contribution in [0.4, 0.5) is 0 Å². The highest BCUT2D eigenvalue weighted by molar-refractivity contribution is 6.03. The first-order valence-corrected chi connectivity index (χ1v) is 8.16. The van der Waals surface area contributed by atoms with Crippen molar-refractivity contribution in [3.8, 4) is 5.75 Å². The third-order valence-electron chi connectivity index (χ3n) is 4.61. The number of rotatable bonds is 3. The van der Waals surface area contributed by atoms with Crippen molar-refractivity contribution in [3.05, 3.63) is 83.4 Å². The summed E-state index contributed by atoms with van der Waals surface area (Å²) < 4.78 is 16.4. The summed E-state index contributed by atoms with van der Waals surface area (Å²) in [6.45, 7) is 3.85. The molecule has 5 heteroatoms. The van der Waals surface area contributed by atoms with Gasteiger partial charge in [0.05, 0.1) is 24.2 Å². The second-order valence-electron chi connectivity index (χ2n) is 6.07. The summed E-state index contributed by atoms with van der Waals surface area (Å²) in [5.74, 6) is -0.654. The number of fused-ring (bicyclic) bond motifs is 3. The van der Waals surface area contributed by atoms with Crippen LogP contribution in [0.3, 0.4) is 0 Å². The molecule has 2 atom stereocenters. The highest BCUT2D eigenvalue weighted by Crippen LogP contribution is 2.50. The number of para-hydroxylation sites is 1. The monoisotopic (exact) mass is 348 g/mol. The molecule has 2 aromatic rings. The van der Waals surface area contributed by atoms with Gasteiger partial charge in [0.25, 0.3) is 0 Å². The van der Waals surface area contributed by atoms with Crippen LogP contribution in [0, 0.1) is 0 Å². The minimum atomic E-state index is -0.735. The van der Waals surface area contributed by atoms with Crippen LogP contribution in [0.2, 0.25) is 0 Å². The third kappa shape index (κ3) is 2.40. The lowest BCUT2D eigenvalue weighted by atomic mass is 9.82. The standard InChI is InChI=1S/C21H16O5/c1-12(20(22)24-2)18-16-14-10-6-7-11-15(14)25-21(23)17(16)19(26-18)13-8-4-3-5-9-13/h3-11,16,18H,1H2,2H3. The van der Waals surface area contributed by atoms with E-state index in [4.69, 9.17) is 14.2 Å². The van der Waals surface area contributed by atoms with E-state index in [0.29, 0.717) is 17.1 Å². The van der Waals surface area contributed by atoms with E-state index in [1.807, 2.05) is 42.5 Å². The van der Waals surface area contributed by atoms with E-state index in [1.165, 1.54) is 7.11 Å². The maximum absolute atomic E-state index is 12.7. The summed E-state index contributed by atoms with van der Waals surface area (Å²) in [6.07, 6.45) is -0.735. The lowest BCUT2D eigenvalue weighted by Gasteiger charge is -2.26. The molecular weight excluding hydrogens is 332 g/mol. The summed E-state index contributed by atoms with van der Waals surface area (Å²) in [5.41, 5.74) is 2.07. The molecule has 5 nitrogen and oxygen atoms in total. The maximum Gasteiger partial charge on any atom is 0.344 e. The smallest absolute Gasteiger partial charge is 0.344 e. The summed E-state index contributed by atoms with van der Waals surface area (Å²) in [4.78, 5) is 24.8. The topological polar surface area (TPSA) is 61.8 Å². The molecule has 2 unspecified atom stereocenters. The number of hydrogen-bond donors (Lipinski definition) is 0. The van der Waals surface area contributed by atoms with Crippen molar-refractivity contribution in [3.63, 3.8) is 0 Å². The van der Waals surface area contributed by atoms with Gasteiger partial charge in [0.15, 0.2) is 0 Å². The Kier molecular flexibility index (Phi) is 3.84. The van der Waals surface area contributed by atoms with Crippen LogP contribution in [0.5, 0.6) is 5.75 Å². The second kappa shape index (κ2) is 6.19. The lowest BCUT2D eigenvalue weighted by molar-refractivity contribution is -0.137. The van der Waals surface area contributed by atoms with Crippen molar-refractivity contribution in [1.82, 2.24) is 0 Å². The van der Waals surface area contributed by atoms with Gasteiger partial charge in [0.2, 0.25) is 0 Å². The van der Waals surface area contributed by atoms with Gasteiger partial charge in [-0.15, -0.1) is 0 Å². The molecule has 0 N–H and O–H groups in total. The first kappa shape index (κ1) is 16.1. The van der Waals surface area contributed by atoms with Gasteiger partial charge in [-0.3, -0.25) is 0 Å². The lowest BCUT2D eigenvalue weighted by Crippen LogP contribution is -2.30. The predicted molar refractivity (Wildman–Crippen MR) is 94.2 cm³/mol. The van der Waals surface area contributed by atoms with Crippen LogP contribution >= 0.6 is 0 Å². The fourth-order valence-corrected chi connectivity index (χ4v) is 3.41. The van der Waals surface area contributed by atoms with Crippen LogP contribution in [0.15, 0.2) is 72.3 Å². The van der Waals surface area contributed by atoms with E-state index in [1.54, 1.807) is 12.1 Å². The molecular formula is C21H16O5. The summed E-state index contributed by atoms with van der Waals surface area (Å²) in [7, 11) is 1.29. The van der Waals surface area contributed by atoms with Crippen LogP contribution in [0.1, 0.15) is 17.0 Å². The van der Waals surface area contributed by atoms with Crippen molar-refractivity contribution in [2.45, 2.75) is 12.0 Å². The molecule has 0 fully saturated rings. The Morgan fingerprint density at radius 1 is 1.08 bits per heavy atom. The summed E-state index contributed by atoms with van der Waals surface area (Å²) in [5, 5.41) is 0.